The second-order valence-corrected chi connectivity index (χ2v) is 2.48. The maximum absolute atomic E-state index is 5.24. The summed E-state index contributed by atoms with van der Waals surface area (Å²) in [6.07, 6.45) is 4.95. The molecule has 50 valence electrons. The molecule has 1 saturated heterocycles. The second kappa shape index (κ2) is 2.02. The predicted octanol–water partition coefficient (Wildman–Crippen LogP) is 0.771. The maximum Gasteiger partial charge on any atom is 0.164 e. The van der Waals surface area contributed by atoms with E-state index in [0.717, 1.165) is 0 Å². The molecule has 0 radical (unpaired) electrons. The van der Waals surface area contributed by atoms with Crippen LogP contribution in [0, 0.1) is 12.3 Å². The first kappa shape index (κ1) is 6.60. The molecule has 2 nitrogen and oxygen atoms in total. The molecule has 1 heterocycles. The van der Waals surface area contributed by atoms with Crippen LogP contribution in [0.2, 0.25) is 0 Å². The lowest BCUT2D eigenvalue weighted by molar-refractivity contribution is -0.132. The Morgan fingerprint density at radius 2 is 2.33 bits per heavy atom. The van der Waals surface area contributed by atoms with E-state index in [0.29, 0.717) is 6.61 Å². The highest BCUT2D eigenvalue weighted by Crippen LogP contribution is 2.21. The summed E-state index contributed by atoms with van der Waals surface area (Å²) in [5.41, 5.74) is 0. The van der Waals surface area contributed by atoms with Crippen molar-refractivity contribution in [1.29, 1.82) is 0 Å². The van der Waals surface area contributed by atoms with Crippen molar-refractivity contribution in [1.82, 2.24) is 0 Å². The van der Waals surface area contributed by atoms with Crippen molar-refractivity contribution in [2.24, 2.45) is 0 Å². The van der Waals surface area contributed by atoms with Crippen LogP contribution < -0.4 is 0 Å². The van der Waals surface area contributed by atoms with Gasteiger partial charge in [-0.3, -0.25) is 0 Å². The lowest BCUT2D eigenvalue weighted by Crippen LogP contribution is -2.20. The third kappa shape index (κ3) is 1.44. The first-order valence-corrected chi connectivity index (χ1v) is 2.92. The molecule has 0 aromatic carbocycles. The largest absolute Gasteiger partial charge is 0.347 e. The van der Waals surface area contributed by atoms with E-state index in [4.69, 9.17) is 15.9 Å². The van der Waals surface area contributed by atoms with Crippen molar-refractivity contribution in [2.75, 3.05) is 6.61 Å². The molecule has 0 bridgehead atoms. The Labute approximate surface area is 55.1 Å². The van der Waals surface area contributed by atoms with Crippen LogP contribution in [-0.2, 0) is 9.47 Å². The molecule has 1 fully saturated rings. The number of ether oxygens (including phenoxy) is 2. The average molecular weight is 126 g/mol. The van der Waals surface area contributed by atoms with Gasteiger partial charge in [0.2, 0.25) is 0 Å². The highest BCUT2D eigenvalue weighted by atomic mass is 16.7. The highest BCUT2D eigenvalue weighted by Gasteiger charge is 2.31. The summed E-state index contributed by atoms with van der Waals surface area (Å²) in [5, 5.41) is 0. The third-order valence-corrected chi connectivity index (χ3v) is 1.19. The van der Waals surface area contributed by atoms with Gasteiger partial charge in [0.25, 0.3) is 0 Å². The Bertz CT molecular complexity index is 143. The van der Waals surface area contributed by atoms with Gasteiger partial charge in [-0.25, -0.2) is 0 Å². The summed E-state index contributed by atoms with van der Waals surface area (Å²) in [6, 6.07) is 0. The molecular formula is C7H10O2. The summed E-state index contributed by atoms with van der Waals surface area (Å²) < 4.78 is 10.4. The van der Waals surface area contributed by atoms with Crippen molar-refractivity contribution in [3.63, 3.8) is 0 Å². The molecule has 0 aromatic rings. The number of hydrogen-bond acceptors (Lipinski definition) is 2. The number of hydrogen-bond donors (Lipinski definition) is 0. The van der Waals surface area contributed by atoms with E-state index in [1.165, 1.54) is 0 Å². The topological polar surface area (TPSA) is 18.5 Å². The zero-order chi connectivity index (χ0) is 6.91. The lowest BCUT2D eigenvalue weighted by atomic mass is 10.4. The van der Waals surface area contributed by atoms with E-state index >= 15 is 0 Å². The molecular weight excluding hydrogens is 116 g/mol. The molecule has 0 amide bonds. The fourth-order valence-electron chi connectivity index (χ4n) is 0.769. The Balaban J connectivity index is 2.50. The summed E-state index contributed by atoms with van der Waals surface area (Å²) in [6.45, 7) is 4.22. The van der Waals surface area contributed by atoms with E-state index < -0.39 is 5.79 Å². The van der Waals surface area contributed by atoms with Crippen molar-refractivity contribution in [3.8, 4) is 12.3 Å². The van der Waals surface area contributed by atoms with Gasteiger partial charge in [0.05, 0.1) is 6.61 Å². The Morgan fingerprint density at radius 3 is 2.56 bits per heavy atom. The number of terminal acetylenes is 1. The maximum atomic E-state index is 5.24. The van der Waals surface area contributed by atoms with Gasteiger partial charge in [0, 0.05) is 0 Å². The van der Waals surface area contributed by atoms with Crippen LogP contribution in [0.4, 0.5) is 0 Å². The van der Waals surface area contributed by atoms with Gasteiger partial charge in [-0.05, 0) is 13.8 Å². The van der Waals surface area contributed by atoms with Crippen molar-refractivity contribution in [2.45, 2.75) is 25.7 Å². The molecule has 1 aliphatic heterocycles. The van der Waals surface area contributed by atoms with Crippen molar-refractivity contribution in [3.05, 3.63) is 0 Å². The zero-order valence-corrected chi connectivity index (χ0v) is 5.68. The molecule has 9 heavy (non-hydrogen) atoms. The first-order chi connectivity index (χ1) is 4.14. The van der Waals surface area contributed by atoms with E-state index in [1.807, 2.05) is 13.8 Å². The summed E-state index contributed by atoms with van der Waals surface area (Å²) in [4.78, 5) is 0. The normalized spacial score (nSPS) is 31.9. The van der Waals surface area contributed by atoms with E-state index in [2.05, 4.69) is 5.92 Å². The van der Waals surface area contributed by atoms with E-state index in [9.17, 15) is 0 Å². The van der Waals surface area contributed by atoms with Gasteiger partial charge in [0.1, 0.15) is 6.10 Å². The van der Waals surface area contributed by atoms with Crippen molar-refractivity contribution >= 4 is 0 Å². The Hall–Kier alpha value is -0.520. The first-order valence-electron chi connectivity index (χ1n) is 2.92. The van der Waals surface area contributed by atoms with E-state index in [1.54, 1.807) is 0 Å². The van der Waals surface area contributed by atoms with Gasteiger partial charge in [-0.2, -0.15) is 0 Å². The molecule has 1 aliphatic rings. The molecule has 0 aromatic heterocycles. The van der Waals surface area contributed by atoms with Crippen LogP contribution in [0.15, 0.2) is 0 Å². The molecule has 1 rings (SSSR count). The fraction of sp³-hybridized carbons (Fsp3) is 0.714. The summed E-state index contributed by atoms with van der Waals surface area (Å²) in [5.74, 6) is 2.00. The standard InChI is InChI=1S/C7H10O2/c1-4-6-5-8-7(2,3)9-6/h1,6H,5H2,2-3H3/t6-/m0/s1. The molecule has 0 saturated carbocycles. The molecule has 1 atom stereocenters. The molecule has 0 aliphatic carbocycles. The lowest BCUT2D eigenvalue weighted by Gasteiger charge is -2.14. The Morgan fingerprint density at radius 1 is 1.67 bits per heavy atom. The summed E-state index contributed by atoms with van der Waals surface area (Å²) in [7, 11) is 0. The molecule has 0 spiro atoms. The van der Waals surface area contributed by atoms with Gasteiger partial charge in [-0.1, -0.05) is 5.92 Å². The minimum atomic E-state index is -0.475. The van der Waals surface area contributed by atoms with Crippen LogP contribution in [0.25, 0.3) is 0 Å². The zero-order valence-electron chi connectivity index (χ0n) is 5.68. The van der Waals surface area contributed by atoms with Crippen LogP contribution in [0.5, 0.6) is 0 Å². The van der Waals surface area contributed by atoms with Crippen LogP contribution in [-0.4, -0.2) is 18.5 Å². The second-order valence-electron chi connectivity index (χ2n) is 2.48. The summed E-state index contributed by atoms with van der Waals surface area (Å²) >= 11 is 0. The SMILES string of the molecule is C#C[C@H]1COC(C)(C)O1. The fourth-order valence-corrected chi connectivity index (χ4v) is 0.769. The van der Waals surface area contributed by atoms with Crippen molar-refractivity contribution < 1.29 is 9.47 Å². The Kier molecular flexibility index (Phi) is 1.48. The van der Waals surface area contributed by atoms with Crippen LogP contribution >= 0.6 is 0 Å². The third-order valence-electron chi connectivity index (χ3n) is 1.19. The molecule has 2 heteroatoms. The minimum Gasteiger partial charge on any atom is -0.347 e. The predicted molar refractivity (Wildman–Crippen MR) is 33.7 cm³/mol. The molecule has 0 N–H and O–H groups in total. The van der Waals surface area contributed by atoms with Gasteiger partial charge in [-0.15, -0.1) is 6.42 Å². The monoisotopic (exact) mass is 126 g/mol. The van der Waals surface area contributed by atoms with Gasteiger partial charge >= 0.3 is 0 Å². The molecule has 0 unspecified atom stereocenters. The smallest absolute Gasteiger partial charge is 0.164 e. The number of rotatable bonds is 0. The van der Waals surface area contributed by atoms with Gasteiger partial charge in [0.15, 0.2) is 5.79 Å². The average Bonchev–Trinajstić information content (AvgIpc) is 2.10. The minimum absolute atomic E-state index is 0.153. The quantitative estimate of drug-likeness (QED) is 0.446. The van der Waals surface area contributed by atoms with Crippen LogP contribution in [0.1, 0.15) is 13.8 Å². The highest BCUT2D eigenvalue weighted by molar-refractivity contribution is 4.97. The van der Waals surface area contributed by atoms with Gasteiger partial charge < -0.3 is 9.47 Å². The van der Waals surface area contributed by atoms with E-state index in [-0.39, 0.29) is 6.10 Å². The van der Waals surface area contributed by atoms with Crippen LogP contribution in [0.3, 0.4) is 0 Å².